The van der Waals surface area contributed by atoms with Crippen LogP contribution in [0.2, 0.25) is 0 Å². The number of benzene rings is 1. The van der Waals surface area contributed by atoms with E-state index in [0.717, 1.165) is 0 Å². The molecule has 0 aliphatic rings. The third-order valence-corrected chi connectivity index (χ3v) is 1.87. The molecule has 80 valence electrons. The zero-order chi connectivity index (χ0) is 11.6. The minimum Gasteiger partial charge on any atom is -0.292 e. The van der Waals surface area contributed by atoms with E-state index in [2.05, 4.69) is 0 Å². The average molecular weight is 236 g/mol. The van der Waals surface area contributed by atoms with E-state index >= 15 is 0 Å². The van der Waals surface area contributed by atoms with Crippen LogP contribution in [0, 0.1) is 21.7 Å². The maximum absolute atomic E-state index is 13.1. The number of carbonyl (C=O) groups is 1. The number of hydrogen-bond donors (Lipinski definition) is 0. The minimum absolute atomic E-state index is 0.396. The maximum Gasteiger partial charge on any atom is 0.286 e. The molecule has 0 aromatic heterocycles. The molecule has 7 heteroatoms. The molecule has 4 nitrogen and oxygen atoms in total. The first-order valence-corrected chi connectivity index (χ1v) is 4.23. The largest absolute Gasteiger partial charge is 0.292 e. The van der Waals surface area contributed by atoms with E-state index in [-0.39, 0.29) is 0 Å². The summed E-state index contributed by atoms with van der Waals surface area (Å²) in [5, 5.41) is 10.4. The molecule has 0 radical (unpaired) electrons. The molecular weight excluding hydrogens is 232 g/mol. The lowest BCUT2D eigenvalue weighted by atomic mass is 10.1. The van der Waals surface area contributed by atoms with Crippen molar-refractivity contribution < 1.29 is 18.5 Å². The molecular formula is C8H4ClF2NO3. The van der Waals surface area contributed by atoms with Gasteiger partial charge in [-0.1, -0.05) is 0 Å². The van der Waals surface area contributed by atoms with Gasteiger partial charge in [-0.25, -0.2) is 8.78 Å². The SMILES string of the molecule is O=C(CCl)c1c(F)cc(F)cc1[N+](=O)[O-]. The molecule has 15 heavy (non-hydrogen) atoms. The summed E-state index contributed by atoms with van der Waals surface area (Å²) in [6, 6.07) is 0.871. The molecule has 0 aliphatic carbocycles. The average Bonchev–Trinajstić information content (AvgIpc) is 2.15. The Hall–Kier alpha value is -1.56. The Morgan fingerprint density at radius 3 is 2.53 bits per heavy atom. The van der Waals surface area contributed by atoms with Gasteiger partial charge in [0.05, 0.1) is 16.9 Å². The van der Waals surface area contributed by atoms with Crippen LogP contribution in [0.15, 0.2) is 12.1 Å². The summed E-state index contributed by atoms with van der Waals surface area (Å²) in [6.45, 7) is 0. The molecule has 0 saturated heterocycles. The summed E-state index contributed by atoms with van der Waals surface area (Å²) in [7, 11) is 0. The van der Waals surface area contributed by atoms with Crippen LogP contribution in [0.4, 0.5) is 14.5 Å². The van der Waals surface area contributed by atoms with Gasteiger partial charge in [0.15, 0.2) is 5.78 Å². The Bertz CT molecular complexity index is 436. The van der Waals surface area contributed by atoms with Gasteiger partial charge < -0.3 is 0 Å². The number of nitrogens with zero attached hydrogens (tertiary/aromatic N) is 1. The van der Waals surface area contributed by atoms with Gasteiger partial charge in [-0.2, -0.15) is 0 Å². The van der Waals surface area contributed by atoms with Crippen molar-refractivity contribution in [2.75, 3.05) is 5.88 Å². The highest BCUT2D eigenvalue weighted by atomic mass is 35.5. The van der Waals surface area contributed by atoms with E-state index in [1.165, 1.54) is 0 Å². The molecule has 0 spiro atoms. The highest BCUT2D eigenvalue weighted by Gasteiger charge is 2.25. The summed E-state index contributed by atoms with van der Waals surface area (Å²) in [5.74, 6) is -3.97. The number of rotatable bonds is 3. The molecule has 0 N–H and O–H groups in total. The summed E-state index contributed by atoms with van der Waals surface area (Å²) in [4.78, 5) is 20.5. The van der Waals surface area contributed by atoms with E-state index in [1.54, 1.807) is 0 Å². The maximum atomic E-state index is 13.1. The Morgan fingerprint density at radius 2 is 2.07 bits per heavy atom. The standard InChI is InChI=1S/C8H4ClF2NO3/c9-3-7(13)8-5(11)1-4(10)2-6(8)12(14)15/h1-2H,3H2. The number of carbonyl (C=O) groups excluding carboxylic acids is 1. The number of nitro groups is 1. The summed E-state index contributed by atoms with van der Waals surface area (Å²) < 4.78 is 25.7. The van der Waals surface area contributed by atoms with Gasteiger partial charge in [-0.15, -0.1) is 11.6 Å². The predicted octanol–water partition coefficient (Wildman–Crippen LogP) is 2.29. The molecule has 0 heterocycles. The van der Waals surface area contributed by atoms with Crippen molar-refractivity contribution in [3.05, 3.63) is 39.4 Å². The quantitative estimate of drug-likeness (QED) is 0.350. The van der Waals surface area contributed by atoms with Crippen LogP contribution in [-0.2, 0) is 0 Å². The van der Waals surface area contributed by atoms with Gasteiger partial charge in [0.25, 0.3) is 5.69 Å². The van der Waals surface area contributed by atoms with Crippen LogP contribution < -0.4 is 0 Å². The van der Waals surface area contributed by atoms with Crippen molar-refractivity contribution in [3.63, 3.8) is 0 Å². The van der Waals surface area contributed by atoms with Crippen molar-refractivity contribution in [2.24, 2.45) is 0 Å². The number of Topliss-reactive ketones (excluding diaryl/α,β-unsaturated/α-hetero) is 1. The zero-order valence-corrected chi connectivity index (χ0v) is 7.92. The number of nitro benzene ring substituents is 1. The van der Waals surface area contributed by atoms with Crippen LogP contribution in [0.3, 0.4) is 0 Å². The van der Waals surface area contributed by atoms with E-state index in [4.69, 9.17) is 11.6 Å². The van der Waals surface area contributed by atoms with Crippen molar-refractivity contribution in [1.29, 1.82) is 0 Å². The van der Waals surface area contributed by atoms with Crippen molar-refractivity contribution in [1.82, 2.24) is 0 Å². The van der Waals surface area contributed by atoms with Gasteiger partial charge in [0.1, 0.15) is 17.2 Å². The number of ketones is 1. The van der Waals surface area contributed by atoms with Crippen LogP contribution >= 0.6 is 11.6 Å². The topological polar surface area (TPSA) is 60.2 Å². The lowest BCUT2D eigenvalue weighted by Gasteiger charge is -2.01. The smallest absolute Gasteiger partial charge is 0.286 e. The summed E-state index contributed by atoms with van der Waals surface area (Å²) in [5.41, 5.74) is -1.71. The first kappa shape index (κ1) is 11.5. The van der Waals surface area contributed by atoms with Gasteiger partial charge in [0, 0.05) is 6.07 Å². The van der Waals surface area contributed by atoms with Gasteiger partial charge in [-0.3, -0.25) is 14.9 Å². The normalized spacial score (nSPS) is 10.1. The third-order valence-electron chi connectivity index (χ3n) is 1.63. The molecule has 0 saturated carbocycles. The van der Waals surface area contributed by atoms with Crippen molar-refractivity contribution in [3.8, 4) is 0 Å². The first-order chi connectivity index (χ1) is 6.97. The van der Waals surface area contributed by atoms with E-state index < -0.39 is 39.5 Å². The molecule has 0 aliphatic heterocycles. The summed E-state index contributed by atoms with van der Waals surface area (Å²) in [6.07, 6.45) is 0. The summed E-state index contributed by atoms with van der Waals surface area (Å²) >= 11 is 5.14. The van der Waals surface area contributed by atoms with Gasteiger partial charge >= 0.3 is 0 Å². The molecule has 0 bridgehead atoms. The minimum atomic E-state index is -1.28. The molecule has 1 aromatic carbocycles. The monoisotopic (exact) mass is 235 g/mol. The van der Waals surface area contributed by atoms with E-state index in [1.807, 2.05) is 0 Å². The van der Waals surface area contributed by atoms with Crippen LogP contribution in [0.25, 0.3) is 0 Å². The Balaban J connectivity index is 3.46. The molecule has 0 unspecified atom stereocenters. The van der Waals surface area contributed by atoms with Gasteiger partial charge in [-0.05, 0) is 0 Å². The van der Waals surface area contributed by atoms with E-state index in [9.17, 15) is 23.7 Å². The lowest BCUT2D eigenvalue weighted by molar-refractivity contribution is -0.385. The number of alkyl halides is 1. The fourth-order valence-electron chi connectivity index (χ4n) is 1.05. The highest BCUT2D eigenvalue weighted by molar-refractivity contribution is 6.31. The second-order valence-corrected chi connectivity index (χ2v) is 2.86. The molecule has 1 aromatic rings. The molecule has 0 atom stereocenters. The fourth-order valence-corrected chi connectivity index (χ4v) is 1.18. The number of halogens is 3. The van der Waals surface area contributed by atoms with Crippen molar-refractivity contribution >= 4 is 23.1 Å². The van der Waals surface area contributed by atoms with Crippen LogP contribution in [0.5, 0.6) is 0 Å². The zero-order valence-electron chi connectivity index (χ0n) is 7.17. The predicted molar refractivity (Wildman–Crippen MR) is 48.1 cm³/mol. The Morgan fingerprint density at radius 1 is 1.47 bits per heavy atom. The highest BCUT2D eigenvalue weighted by Crippen LogP contribution is 2.23. The second kappa shape index (κ2) is 4.31. The fraction of sp³-hybridized carbons (Fsp3) is 0.125. The first-order valence-electron chi connectivity index (χ1n) is 3.70. The van der Waals surface area contributed by atoms with Crippen molar-refractivity contribution in [2.45, 2.75) is 0 Å². The lowest BCUT2D eigenvalue weighted by Crippen LogP contribution is -2.08. The Labute approximate surface area is 87.6 Å². The third kappa shape index (κ3) is 2.27. The van der Waals surface area contributed by atoms with Gasteiger partial charge in [0.2, 0.25) is 0 Å². The molecule has 0 amide bonds. The Kier molecular flexibility index (Phi) is 3.31. The molecule has 0 fully saturated rings. The van der Waals surface area contributed by atoms with E-state index in [0.29, 0.717) is 12.1 Å². The number of hydrogen-bond acceptors (Lipinski definition) is 3. The van der Waals surface area contributed by atoms with Crippen LogP contribution in [-0.4, -0.2) is 16.6 Å². The second-order valence-electron chi connectivity index (χ2n) is 2.60. The van der Waals surface area contributed by atoms with Crippen LogP contribution in [0.1, 0.15) is 10.4 Å². The molecule has 1 rings (SSSR count).